The molecule has 0 amide bonds. The van der Waals surface area contributed by atoms with Crippen molar-refractivity contribution in [2.45, 2.75) is 91.9 Å². The summed E-state index contributed by atoms with van der Waals surface area (Å²) in [6, 6.07) is 0. The van der Waals surface area contributed by atoms with Gasteiger partial charge in [-0.15, -0.1) is 0 Å². The second kappa shape index (κ2) is 14.2. The molecule has 0 aromatic rings. The molecule has 0 saturated heterocycles. The molecule has 0 aromatic carbocycles. The summed E-state index contributed by atoms with van der Waals surface area (Å²) < 4.78 is 5.10. The van der Waals surface area contributed by atoms with Crippen molar-refractivity contribution < 1.29 is 9.53 Å². The molecule has 0 aromatic heterocycles. The number of hydrogen-bond acceptors (Lipinski definition) is 2. The van der Waals surface area contributed by atoms with Crippen LogP contribution >= 0.6 is 20.8 Å². The number of hydrogen-bond donors (Lipinski definition) is 0. The van der Waals surface area contributed by atoms with Crippen LogP contribution in [0.5, 0.6) is 0 Å². The van der Waals surface area contributed by atoms with Gasteiger partial charge in [-0.05, 0) is 6.92 Å². The van der Waals surface area contributed by atoms with E-state index in [4.69, 9.17) is 4.74 Å². The van der Waals surface area contributed by atoms with E-state index in [1.54, 1.807) is 6.92 Å². The van der Waals surface area contributed by atoms with Gasteiger partial charge < -0.3 is 4.74 Å². The number of halogens is 1. The number of ether oxygens (including phenoxy) is 1. The van der Waals surface area contributed by atoms with Gasteiger partial charge in [-0.25, -0.2) is 4.79 Å². The van der Waals surface area contributed by atoms with E-state index in [9.17, 15) is 4.79 Å². The molecule has 0 atom stereocenters. The second-order valence-electron chi connectivity index (χ2n) is 7.94. The van der Waals surface area contributed by atoms with Crippen LogP contribution in [0.25, 0.3) is 0 Å². The zero-order valence-corrected chi connectivity index (χ0v) is 20.4. The summed E-state index contributed by atoms with van der Waals surface area (Å²) in [5.74, 6) is -0.257. The van der Waals surface area contributed by atoms with Gasteiger partial charge in [-0.3, -0.25) is 0 Å². The molecule has 0 unspecified atom stereocenters. The molecule has 0 aliphatic heterocycles. The summed E-state index contributed by atoms with van der Waals surface area (Å²) in [5, 5.41) is -1.52. The summed E-state index contributed by atoms with van der Waals surface area (Å²) in [5.41, 5.74) is 0.489. The minimum absolute atomic E-state index is 0.257. The van der Waals surface area contributed by atoms with Gasteiger partial charge in [-0.2, -0.15) is 0 Å². The number of carbonyl (C=O) groups is 1. The first-order chi connectivity index (χ1) is 12.3. The molecule has 0 N–H and O–H groups in total. The van der Waals surface area contributed by atoms with Crippen LogP contribution in [0.4, 0.5) is 0 Å². The van der Waals surface area contributed by atoms with Gasteiger partial charge in [0, 0.05) is 5.57 Å². The van der Waals surface area contributed by atoms with Gasteiger partial charge in [0.05, 0.1) is 0 Å². The summed E-state index contributed by atoms with van der Waals surface area (Å²) in [6.45, 7) is 13.0. The first kappa shape index (κ1) is 26.1. The van der Waals surface area contributed by atoms with Crippen LogP contribution in [0.15, 0.2) is 12.2 Å². The molecule has 0 spiro atoms. The number of unbranched alkanes of at least 4 members (excludes halogenated alkanes) is 9. The summed E-state index contributed by atoms with van der Waals surface area (Å²) in [4.78, 5) is 11.2. The fourth-order valence-electron chi connectivity index (χ4n) is 3.46. The van der Waals surface area contributed by atoms with Crippen molar-refractivity contribution in [2.75, 3.05) is 31.3 Å². The van der Waals surface area contributed by atoms with Crippen LogP contribution in [-0.4, -0.2) is 37.2 Å². The van der Waals surface area contributed by atoms with Crippen molar-refractivity contribution >= 4 is 26.8 Å². The molecule has 0 bridgehead atoms. The van der Waals surface area contributed by atoms with E-state index in [0.29, 0.717) is 12.2 Å². The third-order valence-electron chi connectivity index (χ3n) is 6.06. The van der Waals surface area contributed by atoms with E-state index in [0.717, 1.165) is 12.8 Å². The fourth-order valence-corrected chi connectivity index (χ4v) is 7.51. The Bertz CT molecular complexity index is 394. The maximum absolute atomic E-state index is 11.2. The van der Waals surface area contributed by atoms with Crippen molar-refractivity contribution in [1.29, 1.82) is 0 Å². The Balaban J connectivity index is 3.47. The Labute approximate surface area is 171 Å². The van der Waals surface area contributed by atoms with Crippen molar-refractivity contribution in [2.24, 2.45) is 0 Å². The van der Waals surface area contributed by atoms with Crippen LogP contribution < -0.4 is 0 Å². The molecular formula is C22H44BrO2P. The van der Waals surface area contributed by atoms with Crippen LogP contribution in [-0.2, 0) is 9.53 Å². The normalized spacial score (nSPS) is 13.2. The molecule has 0 aliphatic carbocycles. The van der Waals surface area contributed by atoms with Gasteiger partial charge in [0.2, 0.25) is 0 Å². The SMILES string of the molecule is C=C(C)C(=O)OCCCCCCCCCCCCP(Br)(CC)(CC)CC. The average Bonchev–Trinajstić information content (AvgIpc) is 2.65. The van der Waals surface area contributed by atoms with Crippen molar-refractivity contribution in [3.63, 3.8) is 0 Å². The van der Waals surface area contributed by atoms with Gasteiger partial charge in [-0.1, -0.05) is 6.58 Å². The predicted molar refractivity (Wildman–Crippen MR) is 124 cm³/mol. The molecule has 4 heteroatoms. The molecule has 0 saturated carbocycles. The molecule has 0 heterocycles. The Morgan fingerprint density at radius 2 is 1.19 bits per heavy atom. The standard InChI is InChI=1S/C22H44BrO2P/c1-6-26(23,7-2,8-3)20-18-16-14-12-10-9-11-13-15-17-19-25-22(24)21(4)5/h4,6-20H2,1-3,5H3. The Hall–Kier alpha value is 0.120. The van der Waals surface area contributed by atoms with Gasteiger partial charge in [0.1, 0.15) is 0 Å². The van der Waals surface area contributed by atoms with E-state index in [1.165, 1.54) is 76.0 Å². The van der Waals surface area contributed by atoms with Crippen molar-refractivity contribution in [1.82, 2.24) is 0 Å². The summed E-state index contributed by atoms with van der Waals surface area (Å²) in [6.07, 6.45) is 18.5. The van der Waals surface area contributed by atoms with Gasteiger partial charge >= 0.3 is 143 Å². The molecule has 0 fully saturated rings. The van der Waals surface area contributed by atoms with E-state index in [1.807, 2.05) is 0 Å². The quantitative estimate of drug-likeness (QED) is 0.0971. The molecule has 156 valence electrons. The maximum atomic E-state index is 11.2. The molecule has 2 nitrogen and oxygen atoms in total. The van der Waals surface area contributed by atoms with Crippen LogP contribution in [0.1, 0.15) is 91.9 Å². The zero-order valence-electron chi connectivity index (χ0n) is 18.0. The number of rotatable bonds is 17. The number of carbonyl (C=O) groups excluding carboxylic acids is 1. The number of esters is 1. The monoisotopic (exact) mass is 450 g/mol. The van der Waals surface area contributed by atoms with Crippen molar-refractivity contribution in [3.05, 3.63) is 12.2 Å². The third-order valence-corrected chi connectivity index (χ3v) is 17.8. The topological polar surface area (TPSA) is 26.3 Å². The third kappa shape index (κ3) is 11.1. The van der Waals surface area contributed by atoms with Crippen LogP contribution in [0, 0.1) is 0 Å². The van der Waals surface area contributed by atoms with Crippen molar-refractivity contribution in [3.8, 4) is 0 Å². The average molecular weight is 451 g/mol. The molecule has 0 aliphatic rings. The van der Waals surface area contributed by atoms with Gasteiger partial charge in [0.25, 0.3) is 0 Å². The summed E-state index contributed by atoms with van der Waals surface area (Å²) >= 11 is 4.23. The van der Waals surface area contributed by atoms with Crippen LogP contribution in [0.3, 0.4) is 0 Å². The minimum atomic E-state index is -1.52. The first-order valence-electron chi connectivity index (χ1n) is 10.9. The summed E-state index contributed by atoms with van der Waals surface area (Å²) in [7, 11) is 0. The predicted octanol–water partition coefficient (Wildman–Crippen LogP) is 7.93. The Morgan fingerprint density at radius 3 is 1.58 bits per heavy atom. The Kier molecular flexibility index (Phi) is 14.2. The fraction of sp³-hybridized carbons (Fsp3) is 0.864. The van der Waals surface area contributed by atoms with E-state index in [-0.39, 0.29) is 5.97 Å². The Morgan fingerprint density at radius 1 is 0.808 bits per heavy atom. The molecule has 26 heavy (non-hydrogen) atoms. The molecule has 0 rings (SSSR count). The van der Waals surface area contributed by atoms with E-state index < -0.39 is 5.31 Å². The molecule has 0 radical (unpaired) electrons. The van der Waals surface area contributed by atoms with Gasteiger partial charge in [0.15, 0.2) is 0 Å². The first-order valence-corrected chi connectivity index (χ1v) is 15.9. The van der Waals surface area contributed by atoms with E-state index >= 15 is 0 Å². The van der Waals surface area contributed by atoms with E-state index in [2.05, 4.69) is 42.8 Å². The van der Waals surface area contributed by atoms with Crippen LogP contribution in [0.2, 0.25) is 0 Å². The molecular weight excluding hydrogens is 407 g/mol. The zero-order chi connectivity index (χ0) is 19.9. The second-order valence-corrected chi connectivity index (χ2v) is 19.9.